The van der Waals surface area contributed by atoms with Crippen molar-refractivity contribution in [2.75, 3.05) is 32.9 Å². The monoisotopic (exact) mass is 613 g/mol. The molecule has 7 rings (SSSR count). The van der Waals surface area contributed by atoms with Crippen molar-refractivity contribution < 1.29 is 38.4 Å². The van der Waals surface area contributed by atoms with Gasteiger partial charge < -0.3 is 34.1 Å². The lowest BCUT2D eigenvalue weighted by Crippen LogP contribution is -2.38. The van der Waals surface area contributed by atoms with Gasteiger partial charge in [0.2, 0.25) is 12.5 Å². The van der Waals surface area contributed by atoms with E-state index in [1.165, 1.54) is 14.2 Å². The van der Waals surface area contributed by atoms with Crippen LogP contribution in [0.3, 0.4) is 0 Å². The van der Waals surface area contributed by atoms with Gasteiger partial charge in [-0.1, -0.05) is 23.7 Å². The van der Waals surface area contributed by atoms with Gasteiger partial charge in [0.25, 0.3) is 0 Å². The first-order valence-electron chi connectivity index (χ1n) is 14.1. The number of ether oxygens (including phenoxy) is 5. The molecular weight excluding hydrogens is 586 g/mol. The highest BCUT2D eigenvalue weighted by Gasteiger charge is 2.53. The molecule has 0 radical (unpaired) electrons. The van der Waals surface area contributed by atoms with Crippen molar-refractivity contribution in [3.05, 3.63) is 106 Å². The fourth-order valence-electron chi connectivity index (χ4n) is 6.57. The molecule has 2 aliphatic heterocycles. The van der Waals surface area contributed by atoms with Crippen molar-refractivity contribution >= 4 is 29.0 Å². The molecule has 1 saturated heterocycles. The number of fused-ring (bicyclic) bond motifs is 3. The maximum Gasteiger partial charge on any atom is 0.310 e. The molecule has 0 saturated carbocycles. The van der Waals surface area contributed by atoms with E-state index in [-0.39, 0.29) is 48.3 Å². The van der Waals surface area contributed by atoms with Gasteiger partial charge in [0.15, 0.2) is 28.8 Å². The van der Waals surface area contributed by atoms with Crippen LogP contribution < -0.4 is 24.3 Å². The standard InChI is InChI=1S/C34H28ClNO8/c1-40-27-11-18(12-28(41-2)33(27)38)29-21-13-25-26(44-16-43-25)14-22(21)31(23-15-42-34(39)30(23)29)36-24-6-4-3-5-20(24)32(37)17-7-9-19(35)10-8-17/h3-14,23,29-31,36,38H,15-16H2,1-2H3/t23-,29+,30-,31+/m0/s1. The van der Waals surface area contributed by atoms with Crippen LogP contribution in [-0.2, 0) is 9.53 Å². The fraction of sp³-hybridized carbons (Fsp3) is 0.235. The first kappa shape index (κ1) is 27.9. The van der Waals surface area contributed by atoms with E-state index in [1.54, 1.807) is 42.5 Å². The van der Waals surface area contributed by atoms with Gasteiger partial charge in [0, 0.05) is 33.7 Å². The number of cyclic esters (lactones) is 1. The number of methoxy groups -OCH3 is 2. The summed E-state index contributed by atoms with van der Waals surface area (Å²) in [5.74, 6) is -0.436. The van der Waals surface area contributed by atoms with E-state index in [9.17, 15) is 14.7 Å². The Hall–Kier alpha value is -4.89. The van der Waals surface area contributed by atoms with E-state index in [1.807, 2.05) is 30.3 Å². The lowest BCUT2D eigenvalue weighted by atomic mass is 9.65. The van der Waals surface area contributed by atoms with Crippen LogP contribution >= 0.6 is 11.6 Å². The summed E-state index contributed by atoms with van der Waals surface area (Å²) in [6, 6.07) is 20.9. The van der Waals surface area contributed by atoms with Gasteiger partial charge in [-0.3, -0.25) is 9.59 Å². The minimum Gasteiger partial charge on any atom is -0.502 e. The van der Waals surface area contributed by atoms with Crippen molar-refractivity contribution in [1.29, 1.82) is 0 Å². The van der Waals surface area contributed by atoms with Crippen molar-refractivity contribution in [2.45, 2.75) is 12.0 Å². The Morgan fingerprint density at radius 2 is 1.57 bits per heavy atom. The molecule has 9 nitrogen and oxygen atoms in total. The third kappa shape index (κ3) is 4.55. The molecule has 0 bridgehead atoms. The average Bonchev–Trinajstić information content (AvgIpc) is 3.67. The molecule has 0 unspecified atom stereocenters. The zero-order valence-corrected chi connectivity index (χ0v) is 24.6. The smallest absolute Gasteiger partial charge is 0.310 e. The molecule has 2 heterocycles. The number of phenolic OH excluding ortho intramolecular Hbond substituents is 1. The molecule has 224 valence electrons. The van der Waals surface area contributed by atoms with Crippen molar-refractivity contribution in [2.24, 2.45) is 11.8 Å². The van der Waals surface area contributed by atoms with Gasteiger partial charge in [0.1, 0.15) is 0 Å². The molecule has 2 N–H and O–H groups in total. The minimum absolute atomic E-state index is 0.0785. The Morgan fingerprint density at radius 1 is 0.909 bits per heavy atom. The summed E-state index contributed by atoms with van der Waals surface area (Å²) in [4.78, 5) is 27.2. The number of aromatic hydroxyl groups is 1. The highest BCUT2D eigenvalue weighted by Crippen LogP contribution is 2.56. The number of esters is 1. The van der Waals surface area contributed by atoms with Crippen LogP contribution in [0.5, 0.6) is 28.7 Å². The van der Waals surface area contributed by atoms with E-state index >= 15 is 0 Å². The number of hydrogen-bond donors (Lipinski definition) is 2. The van der Waals surface area contributed by atoms with Gasteiger partial charge in [-0.15, -0.1) is 0 Å². The predicted molar refractivity (Wildman–Crippen MR) is 161 cm³/mol. The SMILES string of the molecule is COc1cc([C@@H]2c3cc4c(cc3[C@@H](Nc3ccccc3C(=O)c3ccc(Cl)cc3)[C@H]3COC(=O)[C@H]23)OCO4)cc(OC)c1O. The number of benzene rings is 4. The van der Waals surface area contributed by atoms with Crippen LogP contribution in [-0.4, -0.2) is 44.5 Å². The lowest BCUT2D eigenvalue weighted by molar-refractivity contribution is -0.141. The summed E-state index contributed by atoms with van der Waals surface area (Å²) in [5.41, 5.74) is 4.01. The van der Waals surface area contributed by atoms with Gasteiger partial charge in [-0.25, -0.2) is 0 Å². The lowest BCUT2D eigenvalue weighted by Gasteiger charge is -2.40. The van der Waals surface area contributed by atoms with E-state index in [0.717, 1.165) is 11.1 Å². The number of carbonyl (C=O) groups excluding carboxylic acids is 2. The number of halogens is 1. The van der Waals surface area contributed by atoms with Gasteiger partial charge in [-0.2, -0.15) is 0 Å². The van der Waals surface area contributed by atoms with Crippen molar-refractivity contribution in [1.82, 2.24) is 0 Å². The predicted octanol–water partition coefficient (Wildman–Crippen LogP) is 6.11. The number of phenols is 1. The van der Waals surface area contributed by atoms with Crippen LogP contribution in [0.1, 0.15) is 44.6 Å². The van der Waals surface area contributed by atoms with Crippen LogP contribution in [0.25, 0.3) is 0 Å². The summed E-state index contributed by atoms with van der Waals surface area (Å²) in [6.07, 6.45) is 0. The average molecular weight is 614 g/mol. The molecule has 4 aromatic carbocycles. The van der Waals surface area contributed by atoms with E-state index in [4.69, 9.17) is 35.3 Å². The molecule has 3 aliphatic rings. The molecule has 0 spiro atoms. The molecule has 4 atom stereocenters. The number of nitrogens with one attached hydrogen (secondary N) is 1. The number of anilines is 1. The van der Waals surface area contributed by atoms with Crippen LogP contribution in [0.4, 0.5) is 5.69 Å². The Kier molecular flexibility index (Phi) is 6.97. The van der Waals surface area contributed by atoms with Crippen LogP contribution in [0.15, 0.2) is 72.8 Å². The molecule has 0 aromatic heterocycles. The second-order valence-corrected chi connectivity index (χ2v) is 11.3. The van der Waals surface area contributed by atoms with E-state index in [0.29, 0.717) is 38.9 Å². The third-order valence-corrected chi connectivity index (χ3v) is 8.89. The van der Waals surface area contributed by atoms with Crippen LogP contribution in [0.2, 0.25) is 5.02 Å². The second-order valence-electron chi connectivity index (χ2n) is 10.9. The van der Waals surface area contributed by atoms with Crippen molar-refractivity contribution in [3.8, 4) is 28.7 Å². The number of hydrogen-bond acceptors (Lipinski definition) is 9. The highest BCUT2D eigenvalue weighted by atomic mass is 35.5. The van der Waals surface area contributed by atoms with Gasteiger partial charge >= 0.3 is 5.97 Å². The molecule has 0 amide bonds. The van der Waals surface area contributed by atoms with Crippen LogP contribution in [0, 0.1) is 11.8 Å². The van der Waals surface area contributed by atoms with E-state index < -0.39 is 17.9 Å². The first-order valence-corrected chi connectivity index (χ1v) is 14.5. The highest BCUT2D eigenvalue weighted by molar-refractivity contribution is 6.30. The Morgan fingerprint density at radius 3 is 2.25 bits per heavy atom. The maximum absolute atomic E-state index is 13.6. The first-order chi connectivity index (χ1) is 21.4. The molecule has 10 heteroatoms. The number of ketones is 1. The summed E-state index contributed by atoms with van der Waals surface area (Å²) in [5, 5.41) is 14.8. The minimum atomic E-state index is -0.599. The zero-order chi connectivity index (χ0) is 30.5. The number of carbonyl (C=O) groups is 2. The Labute approximate surface area is 258 Å². The number of para-hydroxylation sites is 1. The van der Waals surface area contributed by atoms with E-state index in [2.05, 4.69) is 5.32 Å². The summed E-state index contributed by atoms with van der Waals surface area (Å²) in [7, 11) is 2.92. The Bertz CT molecular complexity index is 1760. The molecule has 44 heavy (non-hydrogen) atoms. The van der Waals surface area contributed by atoms with Gasteiger partial charge in [-0.05, 0) is 77.4 Å². The molecular formula is C34H28ClNO8. The topological polar surface area (TPSA) is 113 Å². The van der Waals surface area contributed by atoms with Gasteiger partial charge in [0.05, 0.1) is 32.8 Å². The molecule has 1 aliphatic carbocycles. The quantitative estimate of drug-likeness (QED) is 0.188. The largest absolute Gasteiger partial charge is 0.502 e. The molecule has 1 fully saturated rings. The van der Waals surface area contributed by atoms with Crippen molar-refractivity contribution in [3.63, 3.8) is 0 Å². The molecule has 4 aromatic rings. The fourth-order valence-corrected chi connectivity index (χ4v) is 6.70. The second kappa shape index (κ2) is 11.0. The zero-order valence-electron chi connectivity index (χ0n) is 23.8. The third-order valence-electron chi connectivity index (χ3n) is 8.64. The Balaban J connectivity index is 1.37. The summed E-state index contributed by atoms with van der Waals surface area (Å²) >= 11 is 6.06. The summed E-state index contributed by atoms with van der Waals surface area (Å²) < 4.78 is 28.1. The normalized spacial score (nSPS) is 21.2. The maximum atomic E-state index is 13.6. The summed E-state index contributed by atoms with van der Waals surface area (Å²) in [6.45, 7) is 0.250. The number of rotatable bonds is 7.